The van der Waals surface area contributed by atoms with Gasteiger partial charge in [-0.25, -0.2) is 0 Å². The van der Waals surface area contributed by atoms with E-state index < -0.39 is 0 Å². The fourth-order valence-corrected chi connectivity index (χ4v) is 3.13. The lowest BCUT2D eigenvalue weighted by Gasteiger charge is -2.32. The Morgan fingerprint density at radius 3 is 3.00 bits per heavy atom. The highest BCUT2D eigenvalue weighted by molar-refractivity contribution is 5.04. The third-order valence-corrected chi connectivity index (χ3v) is 4.03. The van der Waals surface area contributed by atoms with Gasteiger partial charge in [-0.05, 0) is 45.5 Å². The van der Waals surface area contributed by atoms with Crippen molar-refractivity contribution >= 4 is 0 Å². The van der Waals surface area contributed by atoms with E-state index in [0.29, 0.717) is 6.04 Å². The molecule has 0 radical (unpaired) electrons. The summed E-state index contributed by atoms with van der Waals surface area (Å²) in [6.07, 6.45) is 5.95. The van der Waals surface area contributed by atoms with E-state index in [1.54, 1.807) is 0 Å². The number of fused-ring (bicyclic) bond motifs is 1. The zero-order chi connectivity index (χ0) is 11.7. The molecular weight excluding hydrogens is 212 g/mol. The zero-order valence-electron chi connectivity index (χ0n) is 10.7. The van der Waals surface area contributed by atoms with Crippen molar-refractivity contribution in [2.75, 3.05) is 33.2 Å². The first-order valence-electron chi connectivity index (χ1n) is 6.76. The van der Waals surface area contributed by atoms with Gasteiger partial charge in [0, 0.05) is 25.8 Å². The van der Waals surface area contributed by atoms with E-state index in [2.05, 4.69) is 32.7 Å². The average molecular weight is 234 g/mol. The Labute approximate surface area is 103 Å². The standard InChI is InChI=1S/C13H22N4/c1-15-10-12-4-6-14-17(12)13(11-15)5-9-16-7-2-3-8-16/h4,6,13H,2-3,5,7-11H2,1H3. The number of likely N-dealkylation sites (N-methyl/N-ethyl adjacent to an activating group) is 1. The van der Waals surface area contributed by atoms with Crippen LogP contribution >= 0.6 is 0 Å². The third kappa shape index (κ3) is 2.38. The van der Waals surface area contributed by atoms with Crippen LogP contribution in [0.4, 0.5) is 0 Å². The largest absolute Gasteiger partial charge is 0.303 e. The molecule has 0 aliphatic carbocycles. The Balaban J connectivity index is 1.63. The maximum atomic E-state index is 4.49. The molecule has 0 N–H and O–H groups in total. The van der Waals surface area contributed by atoms with E-state index in [4.69, 9.17) is 0 Å². The van der Waals surface area contributed by atoms with Crippen LogP contribution in [0.15, 0.2) is 12.3 Å². The topological polar surface area (TPSA) is 24.3 Å². The minimum absolute atomic E-state index is 0.569. The van der Waals surface area contributed by atoms with Crippen LogP contribution in [0.2, 0.25) is 0 Å². The van der Waals surface area contributed by atoms with Gasteiger partial charge in [0.1, 0.15) is 0 Å². The summed E-state index contributed by atoms with van der Waals surface area (Å²) in [6, 6.07) is 2.72. The van der Waals surface area contributed by atoms with Gasteiger partial charge in [0.15, 0.2) is 0 Å². The lowest BCUT2D eigenvalue weighted by Crippen LogP contribution is -2.36. The molecule has 1 fully saturated rings. The Morgan fingerprint density at radius 2 is 2.18 bits per heavy atom. The van der Waals surface area contributed by atoms with Gasteiger partial charge in [0.05, 0.1) is 11.7 Å². The Kier molecular flexibility index (Phi) is 3.16. The zero-order valence-corrected chi connectivity index (χ0v) is 10.7. The van der Waals surface area contributed by atoms with Crippen LogP contribution in [-0.2, 0) is 6.54 Å². The van der Waals surface area contributed by atoms with Crippen molar-refractivity contribution in [2.45, 2.75) is 31.8 Å². The van der Waals surface area contributed by atoms with Gasteiger partial charge >= 0.3 is 0 Å². The fraction of sp³-hybridized carbons (Fsp3) is 0.769. The molecule has 1 aromatic heterocycles. The van der Waals surface area contributed by atoms with Crippen LogP contribution in [0.25, 0.3) is 0 Å². The number of hydrogen-bond acceptors (Lipinski definition) is 3. The molecule has 1 saturated heterocycles. The van der Waals surface area contributed by atoms with Gasteiger partial charge in [-0.15, -0.1) is 0 Å². The lowest BCUT2D eigenvalue weighted by molar-refractivity contribution is 0.186. The summed E-state index contributed by atoms with van der Waals surface area (Å²) in [5, 5.41) is 4.49. The van der Waals surface area contributed by atoms with E-state index in [1.807, 2.05) is 6.20 Å². The molecular formula is C13H22N4. The van der Waals surface area contributed by atoms with Gasteiger partial charge in [-0.3, -0.25) is 9.58 Å². The van der Waals surface area contributed by atoms with E-state index in [0.717, 1.165) is 13.1 Å². The number of hydrogen-bond donors (Lipinski definition) is 0. The number of likely N-dealkylation sites (tertiary alicyclic amines) is 1. The second-order valence-corrected chi connectivity index (χ2v) is 5.46. The summed E-state index contributed by atoms with van der Waals surface area (Å²) >= 11 is 0. The van der Waals surface area contributed by atoms with Crippen molar-refractivity contribution in [1.82, 2.24) is 19.6 Å². The molecule has 0 saturated carbocycles. The van der Waals surface area contributed by atoms with Gasteiger partial charge in [0.25, 0.3) is 0 Å². The molecule has 1 unspecified atom stereocenters. The van der Waals surface area contributed by atoms with Gasteiger partial charge in [-0.1, -0.05) is 0 Å². The summed E-state index contributed by atoms with van der Waals surface area (Å²) < 4.78 is 2.25. The molecule has 1 aromatic rings. The molecule has 17 heavy (non-hydrogen) atoms. The van der Waals surface area contributed by atoms with Crippen LogP contribution in [-0.4, -0.2) is 52.8 Å². The van der Waals surface area contributed by atoms with E-state index in [1.165, 1.54) is 44.6 Å². The molecule has 4 heteroatoms. The quantitative estimate of drug-likeness (QED) is 0.789. The fourth-order valence-electron chi connectivity index (χ4n) is 3.13. The smallest absolute Gasteiger partial charge is 0.0662 e. The van der Waals surface area contributed by atoms with Crippen LogP contribution in [0.3, 0.4) is 0 Å². The van der Waals surface area contributed by atoms with Gasteiger partial charge < -0.3 is 4.90 Å². The minimum atomic E-state index is 0.569. The van der Waals surface area contributed by atoms with Crippen molar-refractivity contribution in [3.05, 3.63) is 18.0 Å². The van der Waals surface area contributed by atoms with Crippen LogP contribution in [0.5, 0.6) is 0 Å². The van der Waals surface area contributed by atoms with Crippen molar-refractivity contribution in [1.29, 1.82) is 0 Å². The SMILES string of the molecule is CN1Cc2ccnn2C(CCN2CCCC2)C1. The highest BCUT2D eigenvalue weighted by Crippen LogP contribution is 2.22. The summed E-state index contributed by atoms with van der Waals surface area (Å²) in [5.41, 5.74) is 1.37. The first-order chi connectivity index (χ1) is 8.33. The monoisotopic (exact) mass is 234 g/mol. The second kappa shape index (κ2) is 4.78. The molecule has 4 nitrogen and oxygen atoms in total. The Hall–Kier alpha value is -0.870. The van der Waals surface area contributed by atoms with Crippen molar-refractivity contribution in [3.63, 3.8) is 0 Å². The van der Waals surface area contributed by atoms with Crippen LogP contribution < -0.4 is 0 Å². The number of nitrogens with zero attached hydrogens (tertiary/aromatic N) is 4. The van der Waals surface area contributed by atoms with Gasteiger partial charge in [0.2, 0.25) is 0 Å². The normalized spacial score (nSPS) is 26.3. The van der Waals surface area contributed by atoms with Crippen LogP contribution in [0, 0.1) is 0 Å². The predicted molar refractivity (Wildman–Crippen MR) is 67.9 cm³/mol. The predicted octanol–water partition coefficient (Wildman–Crippen LogP) is 1.36. The van der Waals surface area contributed by atoms with Crippen molar-refractivity contribution in [2.24, 2.45) is 0 Å². The minimum Gasteiger partial charge on any atom is -0.303 e. The molecule has 94 valence electrons. The molecule has 2 aliphatic rings. The third-order valence-electron chi connectivity index (χ3n) is 4.03. The maximum absolute atomic E-state index is 4.49. The summed E-state index contributed by atoms with van der Waals surface area (Å²) in [6.45, 7) is 6.02. The van der Waals surface area contributed by atoms with Crippen LogP contribution in [0.1, 0.15) is 31.0 Å². The first kappa shape index (κ1) is 11.2. The van der Waals surface area contributed by atoms with E-state index >= 15 is 0 Å². The highest BCUT2D eigenvalue weighted by Gasteiger charge is 2.24. The highest BCUT2D eigenvalue weighted by atomic mass is 15.4. The molecule has 3 heterocycles. The molecule has 0 spiro atoms. The molecule has 1 atom stereocenters. The maximum Gasteiger partial charge on any atom is 0.0662 e. The van der Waals surface area contributed by atoms with Gasteiger partial charge in [-0.2, -0.15) is 5.10 Å². The Morgan fingerprint density at radius 1 is 1.35 bits per heavy atom. The molecule has 3 rings (SSSR count). The molecule has 0 aromatic carbocycles. The van der Waals surface area contributed by atoms with E-state index in [9.17, 15) is 0 Å². The van der Waals surface area contributed by atoms with Crippen molar-refractivity contribution in [3.8, 4) is 0 Å². The average Bonchev–Trinajstić information content (AvgIpc) is 2.95. The second-order valence-electron chi connectivity index (χ2n) is 5.46. The number of rotatable bonds is 3. The lowest BCUT2D eigenvalue weighted by atomic mass is 10.1. The first-order valence-corrected chi connectivity index (χ1v) is 6.76. The number of aromatic nitrogens is 2. The van der Waals surface area contributed by atoms with E-state index in [-0.39, 0.29) is 0 Å². The summed E-state index contributed by atoms with van der Waals surface area (Å²) in [5.74, 6) is 0. The molecule has 2 aliphatic heterocycles. The van der Waals surface area contributed by atoms with Crippen molar-refractivity contribution < 1.29 is 0 Å². The summed E-state index contributed by atoms with van der Waals surface area (Å²) in [7, 11) is 2.21. The Bertz CT molecular complexity index is 367. The molecule has 0 amide bonds. The molecule has 0 bridgehead atoms. The summed E-state index contributed by atoms with van der Waals surface area (Å²) in [4.78, 5) is 5.00.